The summed E-state index contributed by atoms with van der Waals surface area (Å²) in [5.41, 5.74) is 2.04. The molecule has 0 fully saturated rings. The third-order valence-electron chi connectivity index (χ3n) is 3.49. The zero-order valence-corrected chi connectivity index (χ0v) is 12.8. The highest BCUT2D eigenvalue weighted by atomic mass is 35.5. The van der Waals surface area contributed by atoms with Crippen molar-refractivity contribution in [3.8, 4) is 0 Å². The Hall–Kier alpha value is -2.33. The minimum absolute atomic E-state index is 0.00883. The third-order valence-corrected chi connectivity index (χ3v) is 3.73. The number of rotatable bonds is 5. The Morgan fingerprint density at radius 2 is 2.00 bits per heavy atom. The smallest absolute Gasteiger partial charge is 0.222 e. The van der Waals surface area contributed by atoms with Gasteiger partial charge in [0.05, 0.1) is 18.3 Å². The lowest BCUT2D eigenvalue weighted by Crippen LogP contribution is -2.24. The molecule has 0 radical (unpaired) electrons. The number of nitrogens with one attached hydrogen (secondary N) is 1. The fraction of sp³-hybridized carbons (Fsp3) is 0.176. The lowest BCUT2D eigenvalue weighted by Gasteiger charge is -2.06. The Balaban J connectivity index is 1.57. The van der Waals surface area contributed by atoms with Gasteiger partial charge >= 0.3 is 0 Å². The van der Waals surface area contributed by atoms with Crippen LogP contribution in [0.25, 0.3) is 10.9 Å². The summed E-state index contributed by atoms with van der Waals surface area (Å²) in [6, 6.07) is 15.5. The number of carbonyl (C=O) groups is 1. The molecule has 2 aromatic carbocycles. The summed E-state index contributed by atoms with van der Waals surface area (Å²) in [5.74, 6) is 0.00883. The molecule has 0 bridgehead atoms. The van der Waals surface area contributed by atoms with Crippen molar-refractivity contribution in [3.63, 3.8) is 0 Å². The number of amides is 1. The van der Waals surface area contributed by atoms with Crippen LogP contribution in [0.5, 0.6) is 0 Å². The molecule has 112 valence electrons. The maximum Gasteiger partial charge on any atom is 0.222 e. The first kappa shape index (κ1) is 14.6. The van der Waals surface area contributed by atoms with Gasteiger partial charge in [0, 0.05) is 23.4 Å². The van der Waals surface area contributed by atoms with Gasteiger partial charge in [0.2, 0.25) is 5.91 Å². The van der Waals surface area contributed by atoms with E-state index in [0.29, 0.717) is 24.5 Å². The summed E-state index contributed by atoms with van der Waals surface area (Å²) in [7, 11) is 0. The largest absolute Gasteiger partial charge is 0.352 e. The maximum absolute atomic E-state index is 11.9. The number of hydrogen-bond donors (Lipinski definition) is 1. The summed E-state index contributed by atoms with van der Waals surface area (Å²) in [4.78, 5) is 11.9. The van der Waals surface area contributed by atoms with Gasteiger partial charge in [-0.2, -0.15) is 5.10 Å². The molecule has 22 heavy (non-hydrogen) atoms. The van der Waals surface area contributed by atoms with E-state index in [2.05, 4.69) is 10.4 Å². The summed E-state index contributed by atoms with van der Waals surface area (Å²) < 4.78 is 1.81. The summed E-state index contributed by atoms with van der Waals surface area (Å²) in [6.45, 7) is 1.08. The molecule has 0 unspecified atom stereocenters. The van der Waals surface area contributed by atoms with Crippen LogP contribution in [0.1, 0.15) is 12.0 Å². The average Bonchev–Trinajstić information content (AvgIpc) is 2.94. The van der Waals surface area contributed by atoms with E-state index < -0.39 is 0 Å². The van der Waals surface area contributed by atoms with E-state index >= 15 is 0 Å². The molecule has 0 aliphatic carbocycles. The van der Waals surface area contributed by atoms with Crippen molar-refractivity contribution in [2.45, 2.75) is 19.5 Å². The molecular formula is C17H16ClN3O. The molecule has 0 saturated carbocycles. The number of nitrogens with zero attached hydrogens (tertiary/aromatic N) is 2. The molecule has 1 aromatic heterocycles. The molecule has 0 spiro atoms. The SMILES string of the molecule is O=C(CCn1ncc2ccc(Cl)cc21)NCc1ccccc1. The van der Waals surface area contributed by atoms with Gasteiger partial charge in [-0.25, -0.2) is 0 Å². The van der Waals surface area contributed by atoms with Gasteiger partial charge < -0.3 is 5.32 Å². The first-order chi connectivity index (χ1) is 10.7. The van der Waals surface area contributed by atoms with E-state index in [4.69, 9.17) is 11.6 Å². The predicted molar refractivity (Wildman–Crippen MR) is 87.6 cm³/mol. The van der Waals surface area contributed by atoms with Crippen molar-refractivity contribution < 1.29 is 4.79 Å². The van der Waals surface area contributed by atoms with Gasteiger partial charge in [-0.3, -0.25) is 9.48 Å². The molecule has 3 rings (SSSR count). The quantitative estimate of drug-likeness (QED) is 0.785. The third kappa shape index (κ3) is 3.46. The zero-order chi connectivity index (χ0) is 15.4. The molecule has 5 heteroatoms. The standard InChI is InChI=1S/C17H16ClN3O/c18-15-7-6-14-12-20-21(16(14)10-15)9-8-17(22)19-11-13-4-2-1-3-5-13/h1-7,10,12H,8-9,11H2,(H,19,22). The molecule has 3 aromatic rings. The summed E-state index contributed by atoms with van der Waals surface area (Å²) in [5, 5.41) is 8.91. The number of benzene rings is 2. The number of halogens is 1. The lowest BCUT2D eigenvalue weighted by atomic mass is 10.2. The highest BCUT2D eigenvalue weighted by Crippen LogP contribution is 2.19. The van der Waals surface area contributed by atoms with Crippen LogP contribution in [-0.4, -0.2) is 15.7 Å². The Kier molecular flexibility index (Phi) is 4.39. The molecule has 0 aliphatic heterocycles. The van der Waals surface area contributed by atoms with Crippen molar-refractivity contribution in [1.82, 2.24) is 15.1 Å². The molecule has 1 amide bonds. The minimum Gasteiger partial charge on any atom is -0.352 e. The van der Waals surface area contributed by atoms with Crippen molar-refractivity contribution >= 4 is 28.4 Å². The molecule has 0 atom stereocenters. The van der Waals surface area contributed by atoms with Crippen molar-refractivity contribution in [1.29, 1.82) is 0 Å². The Morgan fingerprint density at radius 3 is 2.82 bits per heavy atom. The fourth-order valence-corrected chi connectivity index (χ4v) is 2.48. The van der Waals surface area contributed by atoms with E-state index in [1.54, 1.807) is 6.20 Å². The van der Waals surface area contributed by atoms with Crippen LogP contribution in [-0.2, 0) is 17.9 Å². The van der Waals surface area contributed by atoms with Crippen molar-refractivity contribution in [2.75, 3.05) is 0 Å². The van der Waals surface area contributed by atoms with Crippen LogP contribution in [0.3, 0.4) is 0 Å². The first-order valence-corrected chi connectivity index (χ1v) is 7.52. The van der Waals surface area contributed by atoms with E-state index in [9.17, 15) is 4.79 Å². The number of aromatic nitrogens is 2. The van der Waals surface area contributed by atoms with Crippen LogP contribution in [0.15, 0.2) is 54.7 Å². The van der Waals surface area contributed by atoms with Gasteiger partial charge in [-0.05, 0) is 23.8 Å². The van der Waals surface area contributed by atoms with Crippen LogP contribution in [0.4, 0.5) is 0 Å². The maximum atomic E-state index is 11.9. The second kappa shape index (κ2) is 6.62. The van der Waals surface area contributed by atoms with Gasteiger partial charge in [0.15, 0.2) is 0 Å². The van der Waals surface area contributed by atoms with Crippen LogP contribution < -0.4 is 5.32 Å². The second-order valence-electron chi connectivity index (χ2n) is 5.08. The highest BCUT2D eigenvalue weighted by Gasteiger charge is 2.06. The van der Waals surface area contributed by atoms with E-state index in [1.807, 2.05) is 53.2 Å². The topological polar surface area (TPSA) is 46.9 Å². The summed E-state index contributed by atoms with van der Waals surface area (Å²) in [6.07, 6.45) is 2.17. The molecule has 1 N–H and O–H groups in total. The zero-order valence-electron chi connectivity index (χ0n) is 12.0. The normalized spacial score (nSPS) is 10.8. The average molecular weight is 314 g/mol. The Morgan fingerprint density at radius 1 is 1.18 bits per heavy atom. The van der Waals surface area contributed by atoms with Gasteiger partial charge in [-0.1, -0.05) is 41.9 Å². The number of carbonyl (C=O) groups excluding carboxylic acids is 1. The van der Waals surface area contributed by atoms with Gasteiger partial charge in [0.25, 0.3) is 0 Å². The van der Waals surface area contributed by atoms with Crippen LogP contribution in [0.2, 0.25) is 5.02 Å². The monoisotopic (exact) mass is 313 g/mol. The van der Waals surface area contributed by atoms with E-state index in [1.165, 1.54) is 0 Å². The number of aryl methyl sites for hydroxylation is 1. The van der Waals surface area contributed by atoms with Crippen LogP contribution >= 0.6 is 11.6 Å². The van der Waals surface area contributed by atoms with Gasteiger partial charge in [-0.15, -0.1) is 0 Å². The second-order valence-corrected chi connectivity index (χ2v) is 5.52. The van der Waals surface area contributed by atoms with Crippen molar-refractivity contribution in [3.05, 3.63) is 65.3 Å². The number of hydrogen-bond acceptors (Lipinski definition) is 2. The molecular weight excluding hydrogens is 298 g/mol. The fourth-order valence-electron chi connectivity index (χ4n) is 2.31. The molecule has 0 aliphatic rings. The summed E-state index contributed by atoms with van der Waals surface area (Å²) >= 11 is 6.01. The molecule has 4 nitrogen and oxygen atoms in total. The Bertz CT molecular complexity index is 783. The first-order valence-electron chi connectivity index (χ1n) is 7.14. The minimum atomic E-state index is 0.00883. The highest BCUT2D eigenvalue weighted by molar-refractivity contribution is 6.31. The van der Waals surface area contributed by atoms with E-state index in [0.717, 1.165) is 16.5 Å². The van der Waals surface area contributed by atoms with Crippen LogP contribution in [0, 0.1) is 0 Å². The van der Waals surface area contributed by atoms with Gasteiger partial charge in [0.1, 0.15) is 0 Å². The van der Waals surface area contributed by atoms with E-state index in [-0.39, 0.29) is 5.91 Å². The van der Waals surface area contributed by atoms with Crippen molar-refractivity contribution in [2.24, 2.45) is 0 Å². The number of fused-ring (bicyclic) bond motifs is 1. The molecule has 0 saturated heterocycles. The lowest BCUT2D eigenvalue weighted by molar-refractivity contribution is -0.121. The predicted octanol–water partition coefficient (Wildman–Crippen LogP) is 3.40. The Labute approximate surface area is 133 Å². The molecule has 1 heterocycles.